The van der Waals surface area contributed by atoms with Crippen LogP contribution >= 0.6 is 0 Å². The molecule has 0 fully saturated rings. The number of hydrogen-bond donors (Lipinski definition) is 4. The predicted molar refractivity (Wildman–Crippen MR) is 205 cm³/mol. The molecule has 0 aromatic heterocycles. The van der Waals surface area contributed by atoms with Crippen LogP contribution in [0.15, 0.2) is 0 Å². The molecule has 0 bridgehead atoms. The van der Waals surface area contributed by atoms with Gasteiger partial charge in [-0.1, -0.05) is 194 Å². The van der Waals surface area contributed by atoms with Gasteiger partial charge >= 0.3 is 11.9 Å². The van der Waals surface area contributed by atoms with Crippen LogP contribution in [0.2, 0.25) is 0 Å². The second-order valence-corrected chi connectivity index (χ2v) is 14.9. The van der Waals surface area contributed by atoms with Gasteiger partial charge in [0, 0.05) is 12.8 Å². The van der Waals surface area contributed by atoms with Crippen LogP contribution in [0.5, 0.6) is 0 Å². The van der Waals surface area contributed by atoms with Crippen molar-refractivity contribution in [2.24, 2.45) is 0 Å². The first-order valence-electron chi connectivity index (χ1n) is 21.4. The fraction of sp³-hybridized carbons (Fsp3) is 0.952. The number of aliphatic hydroxyl groups is 4. The second kappa shape index (κ2) is 37.5. The molecule has 8 heteroatoms. The minimum absolute atomic E-state index is 0.238. The lowest BCUT2D eigenvalue weighted by molar-refractivity contribution is -0.162. The molecule has 0 amide bonds. The third-order valence-corrected chi connectivity index (χ3v) is 9.94. The average Bonchev–Trinajstić information content (AvgIpc) is 3.12. The number of aliphatic hydroxyl groups excluding tert-OH is 4. The van der Waals surface area contributed by atoms with E-state index in [2.05, 4.69) is 13.8 Å². The summed E-state index contributed by atoms with van der Waals surface area (Å²) in [7, 11) is 0. The first-order chi connectivity index (χ1) is 24.3. The number of unbranched alkanes of at least 4 members (excludes halogenated alkanes) is 28. The van der Waals surface area contributed by atoms with E-state index in [-0.39, 0.29) is 12.8 Å². The molecule has 0 radical (unpaired) electrons. The maximum absolute atomic E-state index is 12.1. The van der Waals surface area contributed by atoms with Crippen molar-refractivity contribution in [3.05, 3.63) is 0 Å². The molecule has 0 heterocycles. The summed E-state index contributed by atoms with van der Waals surface area (Å²) in [6, 6.07) is 0. The maximum Gasteiger partial charge on any atom is 0.305 e. The molecule has 0 rings (SSSR count). The van der Waals surface area contributed by atoms with E-state index < -0.39 is 49.6 Å². The normalized spacial score (nSPS) is 14.0. The topological polar surface area (TPSA) is 134 Å². The molecule has 4 atom stereocenters. The molecular formula is C42H82O8. The maximum atomic E-state index is 12.1. The van der Waals surface area contributed by atoms with Gasteiger partial charge in [-0.2, -0.15) is 0 Å². The largest absolute Gasteiger partial charge is 0.463 e. The van der Waals surface area contributed by atoms with Crippen LogP contribution in [0.1, 0.15) is 219 Å². The summed E-state index contributed by atoms with van der Waals surface area (Å²) in [6.07, 6.45) is 31.1. The van der Waals surface area contributed by atoms with Crippen LogP contribution in [0.25, 0.3) is 0 Å². The zero-order chi connectivity index (χ0) is 36.9. The van der Waals surface area contributed by atoms with E-state index in [1.54, 1.807) is 0 Å². The Hall–Kier alpha value is -1.22. The molecule has 0 aromatic rings. The smallest absolute Gasteiger partial charge is 0.305 e. The van der Waals surface area contributed by atoms with Crippen LogP contribution in [-0.4, -0.2) is 70.0 Å². The number of carbonyl (C=O) groups is 2. The van der Waals surface area contributed by atoms with Crippen LogP contribution in [0, 0.1) is 0 Å². The van der Waals surface area contributed by atoms with E-state index >= 15 is 0 Å². The summed E-state index contributed by atoms with van der Waals surface area (Å²) in [5, 5.41) is 40.8. The number of carbonyl (C=O) groups excluding carboxylic acids is 2. The Kier molecular flexibility index (Phi) is 36.6. The van der Waals surface area contributed by atoms with Gasteiger partial charge in [0.05, 0.1) is 0 Å². The molecule has 4 unspecified atom stereocenters. The lowest BCUT2D eigenvalue weighted by Gasteiger charge is -2.26. The summed E-state index contributed by atoms with van der Waals surface area (Å²) < 4.78 is 10.1. The van der Waals surface area contributed by atoms with Crippen molar-refractivity contribution in [2.45, 2.75) is 244 Å². The predicted octanol–water partition coefficient (Wildman–Crippen LogP) is 10.0. The first-order valence-corrected chi connectivity index (χ1v) is 21.4. The van der Waals surface area contributed by atoms with Crippen molar-refractivity contribution < 1.29 is 39.5 Å². The highest BCUT2D eigenvalue weighted by atomic mass is 16.5. The van der Waals surface area contributed by atoms with Crippen LogP contribution in [0.3, 0.4) is 0 Å². The van der Waals surface area contributed by atoms with Crippen molar-refractivity contribution >= 4 is 11.9 Å². The lowest BCUT2D eigenvalue weighted by atomic mass is 10.0. The third-order valence-electron chi connectivity index (χ3n) is 9.94. The minimum Gasteiger partial charge on any atom is -0.463 e. The molecule has 50 heavy (non-hydrogen) atoms. The molecule has 4 N–H and O–H groups in total. The van der Waals surface area contributed by atoms with Gasteiger partial charge in [0.25, 0.3) is 0 Å². The van der Waals surface area contributed by atoms with Crippen LogP contribution in [-0.2, 0) is 19.1 Å². The van der Waals surface area contributed by atoms with Gasteiger partial charge in [-0.3, -0.25) is 9.59 Å². The third kappa shape index (κ3) is 32.7. The van der Waals surface area contributed by atoms with Crippen LogP contribution < -0.4 is 0 Å². The number of hydrogen-bond acceptors (Lipinski definition) is 8. The van der Waals surface area contributed by atoms with E-state index in [0.29, 0.717) is 12.8 Å². The number of ether oxygens (including phenoxy) is 2. The summed E-state index contributed by atoms with van der Waals surface area (Å²) in [5.41, 5.74) is 0. The minimum atomic E-state index is -1.75. The Morgan fingerprint density at radius 1 is 0.360 bits per heavy atom. The average molecular weight is 715 g/mol. The monoisotopic (exact) mass is 715 g/mol. The molecule has 0 aliphatic heterocycles. The highest BCUT2D eigenvalue weighted by molar-refractivity contribution is 5.69. The fourth-order valence-electron chi connectivity index (χ4n) is 6.43. The fourth-order valence-corrected chi connectivity index (χ4v) is 6.43. The van der Waals surface area contributed by atoms with Gasteiger partial charge in [-0.05, 0) is 12.8 Å². The van der Waals surface area contributed by atoms with Gasteiger partial charge in [0.2, 0.25) is 0 Å². The lowest BCUT2D eigenvalue weighted by Crippen LogP contribution is -2.48. The Balaban J connectivity index is 3.70. The highest BCUT2D eigenvalue weighted by Gasteiger charge is 2.32. The van der Waals surface area contributed by atoms with E-state index in [0.717, 1.165) is 25.7 Å². The molecule has 0 aliphatic carbocycles. The molecular weight excluding hydrogens is 632 g/mol. The van der Waals surface area contributed by atoms with Crippen molar-refractivity contribution in [3.8, 4) is 0 Å². The Labute approximate surface area is 307 Å². The quantitative estimate of drug-likeness (QED) is 0.0365. The van der Waals surface area contributed by atoms with Crippen LogP contribution in [0.4, 0.5) is 0 Å². The van der Waals surface area contributed by atoms with Crippen molar-refractivity contribution in [1.29, 1.82) is 0 Å². The molecule has 0 aliphatic rings. The first kappa shape index (κ1) is 48.8. The van der Waals surface area contributed by atoms with E-state index in [4.69, 9.17) is 9.47 Å². The Morgan fingerprint density at radius 2 is 0.560 bits per heavy atom. The summed E-state index contributed by atoms with van der Waals surface area (Å²) in [6.45, 7) is 3.54. The molecule has 0 aromatic carbocycles. The van der Waals surface area contributed by atoms with E-state index in [9.17, 15) is 30.0 Å². The van der Waals surface area contributed by atoms with Crippen molar-refractivity contribution in [1.82, 2.24) is 0 Å². The Bertz CT molecular complexity index is 673. The summed E-state index contributed by atoms with van der Waals surface area (Å²) in [5.74, 6) is -0.928. The summed E-state index contributed by atoms with van der Waals surface area (Å²) >= 11 is 0. The summed E-state index contributed by atoms with van der Waals surface area (Å²) in [4.78, 5) is 24.1. The van der Waals surface area contributed by atoms with E-state index in [1.807, 2.05) is 0 Å². The van der Waals surface area contributed by atoms with Gasteiger partial charge in [-0.15, -0.1) is 0 Å². The number of esters is 2. The Morgan fingerprint density at radius 3 is 0.780 bits per heavy atom. The molecule has 0 saturated carbocycles. The SMILES string of the molecule is CCCCCCCCCCCCCCCCCC(=O)OCC(O)C(O)C(O)C(O)COC(=O)CCCCCCCCCCCCCCCCC. The van der Waals surface area contributed by atoms with Gasteiger partial charge in [0.15, 0.2) is 0 Å². The van der Waals surface area contributed by atoms with Crippen molar-refractivity contribution in [3.63, 3.8) is 0 Å². The highest BCUT2D eigenvalue weighted by Crippen LogP contribution is 2.16. The van der Waals surface area contributed by atoms with E-state index in [1.165, 1.54) is 154 Å². The molecule has 8 nitrogen and oxygen atoms in total. The zero-order valence-corrected chi connectivity index (χ0v) is 32.8. The second-order valence-electron chi connectivity index (χ2n) is 14.9. The van der Waals surface area contributed by atoms with Crippen molar-refractivity contribution in [2.75, 3.05) is 13.2 Å². The van der Waals surface area contributed by atoms with Gasteiger partial charge in [0.1, 0.15) is 37.6 Å². The van der Waals surface area contributed by atoms with Gasteiger partial charge in [-0.25, -0.2) is 0 Å². The number of rotatable bonds is 39. The zero-order valence-electron chi connectivity index (χ0n) is 32.8. The molecule has 298 valence electrons. The standard InChI is InChI=1S/C42H82O8/c1-3-5-7-9-11-13-15-17-19-21-23-25-27-29-31-33-39(45)49-35-37(43)41(47)42(48)38(44)36-50-40(46)34-32-30-28-26-24-22-20-18-16-14-12-10-8-6-4-2/h37-38,41-44,47-48H,3-36H2,1-2H3. The van der Waals surface area contributed by atoms with Gasteiger partial charge < -0.3 is 29.9 Å². The molecule has 0 saturated heterocycles. The molecule has 0 spiro atoms.